The van der Waals surface area contributed by atoms with Crippen molar-refractivity contribution in [2.75, 3.05) is 30.8 Å². The molecule has 1 aromatic heterocycles. The van der Waals surface area contributed by atoms with Gasteiger partial charge in [0.1, 0.15) is 11.5 Å². The van der Waals surface area contributed by atoms with Crippen LogP contribution in [0.3, 0.4) is 0 Å². The van der Waals surface area contributed by atoms with Gasteiger partial charge in [-0.15, -0.1) is 0 Å². The molecular weight excluding hydrogens is 224 g/mol. The van der Waals surface area contributed by atoms with Crippen molar-refractivity contribution < 1.29 is 5.11 Å². The summed E-state index contributed by atoms with van der Waals surface area (Å²) in [6, 6.07) is 0. The summed E-state index contributed by atoms with van der Waals surface area (Å²) in [4.78, 5) is 27.0. The van der Waals surface area contributed by atoms with Crippen LogP contribution in [0.5, 0.6) is 0 Å². The molecule has 0 bridgehead atoms. The molecule has 7 nitrogen and oxygen atoms in total. The molecule has 0 amide bonds. The Bertz CT molecular complexity index is 491. The fourth-order valence-electron chi connectivity index (χ4n) is 1.65. The van der Waals surface area contributed by atoms with E-state index in [1.165, 1.54) is 9.47 Å². The first kappa shape index (κ1) is 13.3. The van der Waals surface area contributed by atoms with E-state index in [9.17, 15) is 9.59 Å². The summed E-state index contributed by atoms with van der Waals surface area (Å²) >= 11 is 0. The quantitative estimate of drug-likeness (QED) is 0.611. The summed E-state index contributed by atoms with van der Waals surface area (Å²) in [6.07, 6.45) is 0.735. The van der Waals surface area contributed by atoms with Crippen LogP contribution in [0.2, 0.25) is 0 Å². The highest BCUT2D eigenvalue weighted by atomic mass is 16.3. The first-order chi connectivity index (χ1) is 8.02. The molecule has 1 rings (SSSR count). The molecule has 0 saturated heterocycles. The zero-order valence-electron chi connectivity index (χ0n) is 10.1. The number of nitrogens with two attached hydrogens (primary N) is 1. The monoisotopic (exact) mass is 242 g/mol. The lowest BCUT2D eigenvalue weighted by Crippen LogP contribution is -2.37. The van der Waals surface area contributed by atoms with Gasteiger partial charge in [0, 0.05) is 20.1 Å². The maximum atomic E-state index is 11.7. The molecule has 0 aliphatic heterocycles. The van der Waals surface area contributed by atoms with E-state index in [-0.39, 0.29) is 24.7 Å². The number of nitrogen functional groups attached to an aromatic ring is 1. The molecule has 0 fully saturated rings. The minimum atomic E-state index is -0.532. The van der Waals surface area contributed by atoms with Crippen LogP contribution in [0.15, 0.2) is 9.59 Å². The number of hydrogen-bond acceptors (Lipinski definition) is 5. The van der Waals surface area contributed by atoms with Crippen LogP contribution < -0.4 is 21.9 Å². The van der Waals surface area contributed by atoms with E-state index in [1.807, 2.05) is 6.92 Å². The minimum Gasteiger partial charge on any atom is -0.395 e. The van der Waals surface area contributed by atoms with Crippen molar-refractivity contribution in [1.29, 1.82) is 0 Å². The van der Waals surface area contributed by atoms with Gasteiger partial charge in [-0.1, -0.05) is 6.92 Å². The van der Waals surface area contributed by atoms with Gasteiger partial charge in [0.15, 0.2) is 0 Å². The lowest BCUT2D eigenvalue weighted by atomic mass is 10.3. The molecule has 0 unspecified atom stereocenters. The molecule has 0 radical (unpaired) electrons. The summed E-state index contributed by atoms with van der Waals surface area (Å²) in [5.41, 5.74) is 5.00. The van der Waals surface area contributed by atoms with Crippen LogP contribution in [0.4, 0.5) is 11.5 Å². The third-order valence-corrected chi connectivity index (χ3v) is 2.48. The first-order valence-corrected chi connectivity index (χ1v) is 5.47. The van der Waals surface area contributed by atoms with Crippen molar-refractivity contribution in [2.45, 2.75) is 19.9 Å². The lowest BCUT2D eigenvalue weighted by Gasteiger charge is -2.20. The van der Waals surface area contributed by atoms with Crippen LogP contribution in [-0.4, -0.2) is 34.9 Å². The van der Waals surface area contributed by atoms with Gasteiger partial charge in [0.25, 0.3) is 5.56 Å². The summed E-state index contributed by atoms with van der Waals surface area (Å²) in [7, 11) is 1.64. The number of aromatic amines is 1. The summed E-state index contributed by atoms with van der Waals surface area (Å²) < 4.78 is 1.32. The Kier molecular flexibility index (Phi) is 4.33. The second-order valence-electron chi connectivity index (χ2n) is 3.79. The number of hydrogen-bond donors (Lipinski definition) is 3. The van der Waals surface area contributed by atoms with Crippen molar-refractivity contribution in [1.82, 2.24) is 9.55 Å². The SMILES string of the molecule is CCCn1c(N)c(N(C)CCO)c(=O)[nH]c1=O. The van der Waals surface area contributed by atoms with Gasteiger partial charge in [-0.2, -0.15) is 0 Å². The normalized spacial score (nSPS) is 10.5. The van der Waals surface area contributed by atoms with E-state index in [0.717, 1.165) is 6.42 Å². The number of aliphatic hydroxyl groups excluding tert-OH is 1. The van der Waals surface area contributed by atoms with Crippen molar-refractivity contribution in [3.05, 3.63) is 20.8 Å². The zero-order valence-corrected chi connectivity index (χ0v) is 10.1. The van der Waals surface area contributed by atoms with E-state index in [4.69, 9.17) is 10.8 Å². The number of likely N-dealkylation sites (N-methyl/N-ethyl adjacent to an activating group) is 1. The molecule has 0 aliphatic rings. The predicted octanol–water partition coefficient (Wildman–Crippen LogP) is -1.04. The molecule has 0 saturated carbocycles. The molecule has 0 aromatic carbocycles. The number of nitrogens with zero attached hydrogens (tertiary/aromatic N) is 2. The molecule has 1 aromatic rings. The van der Waals surface area contributed by atoms with Gasteiger partial charge < -0.3 is 15.7 Å². The Morgan fingerprint density at radius 3 is 2.65 bits per heavy atom. The number of H-pyrrole nitrogens is 1. The summed E-state index contributed by atoms with van der Waals surface area (Å²) in [5, 5.41) is 8.84. The Balaban J connectivity index is 3.35. The molecule has 1 heterocycles. The summed E-state index contributed by atoms with van der Waals surface area (Å²) in [6.45, 7) is 2.54. The Hall–Kier alpha value is -1.76. The van der Waals surface area contributed by atoms with E-state index < -0.39 is 11.2 Å². The molecular formula is C10H18N4O3. The Labute approximate surface area is 98.5 Å². The highest BCUT2D eigenvalue weighted by molar-refractivity contribution is 5.61. The molecule has 0 aliphatic carbocycles. The minimum absolute atomic E-state index is 0.0950. The van der Waals surface area contributed by atoms with Gasteiger partial charge in [0.2, 0.25) is 0 Å². The maximum Gasteiger partial charge on any atom is 0.330 e. The van der Waals surface area contributed by atoms with Crippen LogP contribution >= 0.6 is 0 Å². The highest BCUT2D eigenvalue weighted by Crippen LogP contribution is 2.14. The second kappa shape index (κ2) is 5.53. The van der Waals surface area contributed by atoms with Gasteiger partial charge in [0.05, 0.1) is 6.61 Å². The van der Waals surface area contributed by atoms with Crippen molar-refractivity contribution in [3.63, 3.8) is 0 Å². The third-order valence-electron chi connectivity index (χ3n) is 2.48. The van der Waals surface area contributed by atoms with Crippen LogP contribution in [0.25, 0.3) is 0 Å². The van der Waals surface area contributed by atoms with Crippen LogP contribution in [0.1, 0.15) is 13.3 Å². The zero-order chi connectivity index (χ0) is 13.0. The fourth-order valence-corrected chi connectivity index (χ4v) is 1.65. The van der Waals surface area contributed by atoms with Crippen molar-refractivity contribution >= 4 is 11.5 Å². The number of aliphatic hydroxyl groups is 1. The molecule has 96 valence electrons. The van der Waals surface area contributed by atoms with E-state index in [0.29, 0.717) is 6.54 Å². The standard InChI is InChI=1S/C10H18N4O3/c1-3-4-14-8(11)7(13(2)5-6-15)9(16)12-10(14)17/h15H,3-6,11H2,1-2H3,(H,12,16,17). The maximum absolute atomic E-state index is 11.7. The van der Waals surface area contributed by atoms with Gasteiger partial charge >= 0.3 is 5.69 Å². The topological polar surface area (TPSA) is 104 Å². The number of aromatic nitrogens is 2. The summed E-state index contributed by atoms with van der Waals surface area (Å²) in [5.74, 6) is 0.136. The highest BCUT2D eigenvalue weighted by Gasteiger charge is 2.15. The number of rotatable bonds is 5. The molecule has 0 spiro atoms. The molecule has 17 heavy (non-hydrogen) atoms. The third kappa shape index (κ3) is 2.68. The molecule has 0 atom stereocenters. The van der Waals surface area contributed by atoms with Gasteiger partial charge in [-0.25, -0.2) is 4.79 Å². The van der Waals surface area contributed by atoms with Crippen molar-refractivity contribution in [2.24, 2.45) is 0 Å². The molecule has 4 N–H and O–H groups in total. The van der Waals surface area contributed by atoms with E-state index in [2.05, 4.69) is 4.98 Å². The number of nitrogens with one attached hydrogen (secondary N) is 1. The largest absolute Gasteiger partial charge is 0.395 e. The van der Waals surface area contributed by atoms with E-state index >= 15 is 0 Å². The Morgan fingerprint density at radius 2 is 2.12 bits per heavy atom. The van der Waals surface area contributed by atoms with Gasteiger partial charge in [-0.05, 0) is 6.42 Å². The van der Waals surface area contributed by atoms with Gasteiger partial charge in [-0.3, -0.25) is 14.3 Å². The average Bonchev–Trinajstić information content (AvgIpc) is 2.24. The fraction of sp³-hybridized carbons (Fsp3) is 0.600. The Morgan fingerprint density at radius 1 is 1.47 bits per heavy atom. The van der Waals surface area contributed by atoms with Crippen molar-refractivity contribution in [3.8, 4) is 0 Å². The van der Waals surface area contributed by atoms with Crippen LogP contribution in [0, 0.1) is 0 Å². The predicted molar refractivity (Wildman–Crippen MR) is 66.4 cm³/mol. The average molecular weight is 242 g/mol. The number of anilines is 2. The molecule has 7 heteroatoms. The van der Waals surface area contributed by atoms with Crippen LogP contribution in [-0.2, 0) is 6.54 Å². The first-order valence-electron chi connectivity index (χ1n) is 5.47. The smallest absolute Gasteiger partial charge is 0.330 e. The lowest BCUT2D eigenvalue weighted by molar-refractivity contribution is 0.304. The van der Waals surface area contributed by atoms with E-state index in [1.54, 1.807) is 7.05 Å². The second-order valence-corrected chi connectivity index (χ2v) is 3.79.